The largest absolute Gasteiger partial charge is 0.497 e. The lowest BCUT2D eigenvalue weighted by molar-refractivity contribution is 0.414. The van der Waals surface area contributed by atoms with E-state index >= 15 is 0 Å². The van der Waals surface area contributed by atoms with Crippen molar-refractivity contribution in [3.8, 4) is 5.75 Å². The molecule has 0 radical (unpaired) electrons. The minimum Gasteiger partial charge on any atom is -0.497 e. The predicted molar refractivity (Wildman–Crippen MR) is 87.2 cm³/mol. The summed E-state index contributed by atoms with van der Waals surface area (Å²) in [5.74, 6) is 1.75. The van der Waals surface area contributed by atoms with E-state index in [1.807, 2.05) is 19.2 Å². The molecule has 0 aliphatic carbocycles. The van der Waals surface area contributed by atoms with Gasteiger partial charge in [0.25, 0.3) is 0 Å². The zero-order chi connectivity index (χ0) is 12.5. The number of nitrogens with one attached hydrogen (secondary N) is 2. The molecule has 0 fully saturated rings. The standard InChI is InChI=1S/C13H21N3O.HI/c1-14-13(15-2)16-9-5-7-11-6-4-8-12(10-11)17-3;/h4,6,8,10H,5,7,9H2,1-3H3,(H2,14,15,16);1H. The topological polar surface area (TPSA) is 45.7 Å². The van der Waals surface area contributed by atoms with E-state index in [1.54, 1.807) is 14.2 Å². The maximum absolute atomic E-state index is 5.19. The first-order chi connectivity index (χ1) is 8.30. The molecule has 0 atom stereocenters. The van der Waals surface area contributed by atoms with Gasteiger partial charge in [-0.1, -0.05) is 12.1 Å². The zero-order valence-corrected chi connectivity index (χ0v) is 13.5. The van der Waals surface area contributed by atoms with Gasteiger partial charge in [-0.25, -0.2) is 0 Å². The Morgan fingerprint density at radius 2 is 2.17 bits per heavy atom. The molecule has 0 saturated carbocycles. The van der Waals surface area contributed by atoms with Crippen LogP contribution >= 0.6 is 24.0 Å². The first-order valence-electron chi connectivity index (χ1n) is 5.81. The van der Waals surface area contributed by atoms with Gasteiger partial charge in [-0.3, -0.25) is 4.99 Å². The molecule has 0 aliphatic heterocycles. The molecular weight excluding hydrogens is 341 g/mol. The summed E-state index contributed by atoms with van der Waals surface area (Å²) in [4.78, 5) is 4.05. The van der Waals surface area contributed by atoms with Gasteiger partial charge in [0.2, 0.25) is 0 Å². The number of benzene rings is 1. The molecule has 0 saturated heterocycles. The normalized spacial score (nSPS) is 10.5. The molecule has 0 spiro atoms. The van der Waals surface area contributed by atoms with Crippen molar-refractivity contribution in [1.29, 1.82) is 0 Å². The number of hydrogen-bond acceptors (Lipinski definition) is 2. The Labute approximate surface area is 126 Å². The molecule has 0 heterocycles. The van der Waals surface area contributed by atoms with Gasteiger partial charge in [0.05, 0.1) is 7.11 Å². The first kappa shape index (κ1) is 17.0. The molecule has 0 bridgehead atoms. The van der Waals surface area contributed by atoms with Crippen molar-refractivity contribution < 1.29 is 4.74 Å². The van der Waals surface area contributed by atoms with Crippen LogP contribution in [0.15, 0.2) is 29.3 Å². The third-order valence-corrected chi connectivity index (χ3v) is 2.53. The molecule has 1 rings (SSSR count). The third-order valence-electron chi connectivity index (χ3n) is 2.53. The van der Waals surface area contributed by atoms with E-state index < -0.39 is 0 Å². The van der Waals surface area contributed by atoms with Crippen LogP contribution in [0.1, 0.15) is 12.0 Å². The van der Waals surface area contributed by atoms with Gasteiger partial charge in [0, 0.05) is 20.6 Å². The summed E-state index contributed by atoms with van der Waals surface area (Å²) in [7, 11) is 5.32. The van der Waals surface area contributed by atoms with Crippen LogP contribution in [-0.4, -0.2) is 33.7 Å². The van der Waals surface area contributed by atoms with Crippen LogP contribution in [0.2, 0.25) is 0 Å². The van der Waals surface area contributed by atoms with E-state index in [2.05, 4.69) is 27.8 Å². The van der Waals surface area contributed by atoms with Gasteiger partial charge in [-0.05, 0) is 30.5 Å². The Kier molecular flexibility index (Phi) is 9.45. The van der Waals surface area contributed by atoms with Crippen molar-refractivity contribution in [3.05, 3.63) is 29.8 Å². The molecule has 4 nitrogen and oxygen atoms in total. The summed E-state index contributed by atoms with van der Waals surface area (Å²) in [6, 6.07) is 8.18. The number of rotatable bonds is 5. The number of aryl methyl sites for hydroxylation is 1. The monoisotopic (exact) mass is 363 g/mol. The molecular formula is C13H22IN3O. The third kappa shape index (κ3) is 6.09. The highest BCUT2D eigenvalue weighted by atomic mass is 127. The van der Waals surface area contributed by atoms with Gasteiger partial charge in [-0.2, -0.15) is 0 Å². The van der Waals surface area contributed by atoms with E-state index in [1.165, 1.54) is 5.56 Å². The van der Waals surface area contributed by atoms with Crippen LogP contribution in [0.3, 0.4) is 0 Å². The lowest BCUT2D eigenvalue weighted by atomic mass is 10.1. The second-order valence-corrected chi connectivity index (χ2v) is 3.70. The second-order valence-electron chi connectivity index (χ2n) is 3.70. The Balaban J connectivity index is 0.00000289. The number of nitrogens with zero attached hydrogens (tertiary/aromatic N) is 1. The zero-order valence-electron chi connectivity index (χ0n) is 11.2. The number of hydrogen-bond donors (Lipinski definition) is 2. The van der Waals surface area contributed by atoms with E-state index in [-0.39, 0.29) is 24.0 Å². The molecule has 0 aliphatic rings. The Bertz CT molecular complexity index is 369. The Hall–Kier alpha value is -0.980. The van der Waals surface area contributed by atoms with Crippen LogP contribution in [-0.2, 0) is 6.42 Å². The van der Waals surface area contributed by atoms with E-state index in [9.17, 15) is 0 Å². The Morgan fingerprint density at radius 1 is 1.39 bits per heavy atom. The van der Waals surface area contributed by atoms with Crippen molar-refractivity contribution >= 4 is 29.9 Å². The summed E-state index contributed by atoms with van der Waals surface area (Å²) in [5, 5.41) is 6.21. The average Bonchev–Trinajstić information content (AvgIpc) is 2.39. The minimum atomic E-state index is 0. The summed E-state index contributed by atoms with van der Waals surface area (Å²) in [6.07, 6.45) is 2.10. The van der Waals surface area contributed by atoms with Crippen LogP contribution in [0.4, 0.5) is 0 Å². The van der Waals surface area contributed by atoms with Crippen molar-refractivity contribution in [2.45, 2.75) is 12.8 Å². The fourth-order valence-corrected chi connectivity index (χ4v) is 1.61. The number of ether oxygens (including phenoxy) is 1. The number of methoxy groups -OCH3 is 1. The molecule has 18 heavy (non-hydrogen) atoms. The average molecular weight is 363 g/mol. The smallest absolute Gasteiger partial charge is 0.190 e. The molecule has 2 N–H and O–H groups in total. The van der Waals surface area contributed by atoms with E-state index in [0.29, 0.717) is 0 Å². The summed E-state index contributed by atoms with van der Waals surface area (Å²) in [5.41, 5.74) is 1.30. The van der Waals surface area contributed by atoms with Crippen LogP contribution in [0.5, 0.6) is 5.75 Å². The van der Waals surface area contributed by atoms with Gasteiger partial charge in [0.15, 0.2) is 5.96 Å². The minimum absolute atomic E-state index is 0. The highest BCUT2D eigenvalue weighted by Gasteiger charge is 1.97. The highest BCUT2D eigenvalue weighted by Crippen LogP contribution is 2.13. The van der Waals surface area contributed by atoms with Crippen molar-refractivity contribution in [2.24, 2.45) is 4.99 Å². The lowest BCUT2D eigenvalue weighted by Crippen LogP contribution is -2.35. The van der Waals surface area contributed by atoms with Crippen LogP contribution in [0, 0.1) is 0 Å². The molecule has 1 aromatic carbocycles. The molecule has 102 valence electrons. The predicted octanol–water partition coefficient (Wildman–Crippen LogP) is 2.04. The summed E-state index contributed by atoms with van der Waals surface area (Å²) in [6.45, 7) is 0.907. The molecule has 5 heteroatoms. The summed E-state index contributed by atoms with van der Waals surface area (Å²) >= 11 is 0. The second kappa shape index (κ2) is 9.99. The molecule has 1 aromatic rings. The maximum Gasteiger partial charge on any atom is 0.190 e. The van der Waals surface area contributed by atoms with Crippen LogP contribution < -0.4 is 15.4 Å². The van der Waals surface area contributed by atoms with E-state index in [4.69, 9.17) is 4.74 Å². The van der Waals surface area contributed by atoms with Gasteiger partial charge in [0.1, 0.15) is 5.75 Å². The van der Waals surface area contributed by atoms with Crippen molar-refractivity contribution in [3.63, 3.8) is 0 Å². The van der Waals surface area contributed by atoms with Crippen molar-refractivity contribution in [2.75, 3.05) is 27.7 Å². The SMILES string of the molecule is CN=C(NC)NCCCc1cccc(OC)c1.I. The lowest BCUT2D eigenvalue weighted by Gasteiger charge is -2.08. The maximum atomic E-state index is 5.19. The molecule has 0 unspecified atom stereocenters. The number of aliphatic imine (C=N–C) groups is 1. The van der Waals surface area contributed by atoms with Gasteiger partial charge in [-0.15, -0.1) is 24.0 Å². The van der Waals surface area contributed by atoms with Gasteiger partial charge < -0.3 is 15.4 Å². The number of halogens is 1. The molecule has 0 amide bonds. The summed E-state index contributed by atoms with van der Waals surface area (Å²) < 4.78 is 5.19. The van der Waals surface area contributed by atoms with Crippen molar-refractivity contribution in [1.82, 2.24) is 10.6 Å². The van der Waals surface area contributed by atoms with E-state index in [0.717, 1.165) is 31.1 Å². The quantitative estimate of drug-likeness (QED) is 0.364. The highest BCUT2D eigenvalue weighted by molar-refractivity contribution is 14.0. The first-order valence-corrected chi connectivity index (χ1v) is 5.81. The fourth-order valence-electron chi connectivity index (χ4n) is 1.61. The number of guanidine groups is 1. The van der Waals surface area contributed by atoms with Gasteiger partial charge >= 0.3 is 0 Å². The Morgan fingerprint density at radius 3 is 2.78 bits per heavy atom. The fraction of sp³-hybridized carbons (Fsp3) is 0.462. The van der Waals surface area contributed by atoms with Crippen LogP contribution in [0.25, 0.3) is 0 Å². The molecule has 0 aromatic heterocycles.